The fourth-order valence-corrected chi connectivity index (χ4v) is 2.77. The van der Waals surface area contributed by atoms with E-state index in [0.29, 0.717) is 6.04 Å². The molecule has 1 atom stereocenters. The van der Waals surface area contributed by atoms with Crippen molar-refractivity contribution < 1.29 is 5.11 Å². The Morgan fingerprint density at radius 3 is 2.58 bits per heavy atom. The van der Waals surface area contributed by atoms with Crippen LogP contribution in [0.1, 0.15) is 29.2 Å². The zero-order valence-corrected chi connectivity index (χ0v) is 12.7. The van der Waals surface area contributed by atoms with Gasteiger partial charge in [-0.15, -0.1) is 12.4 Å². The molecule has 4 heteroatoms. The van der Waals surface area contributed by atoms with Crippen LogP contribution in [0.3, 0.4) is 0 Å². The van der Waals surface area contributed by atoms with Gasteiger partial charge in [0.15, 0.2) is 0 Å². The first kappa shape index (κ1) is 16.4. The second-order valence-corrected chi connectivity index (χ2v) is 5.17. The van der Waals surface area contributed by atoms with Crippen molar-refractivity contribution >= 4 is 12.4 Å². The van der Waals surface area contributed by atoms with Crippen molar-refractivity contribution in [3.05, 3.63) is 34.9 Å². The van der Waals surface area contributed by atoms with E-state index >= 15 is 0 Å². The summed E-state index contributed by atoms with van der Waals surface area (Å²) >= 11 is 0. The average molecular weight is 285 g/mol. The number of aliphatic hydroxyl groups is 1. The van der Waals surface area contributed by atoms with Crippen LogP contribution >= 0.6 is 12.4 Å². The van der Waals surface area contributed by atoms with E-state index in [2.05, 4.69) is 42.3 Å². The number of rotatable bonds is 4. The van der Waals surface area contributed by atoms with Crippen molar-refractivity contribution in [2.45, 2.75) is 26.3 Å². The minimum absolute atomic E-state index is 0. The standard InChI is InChI=1S/C15H24N2O.ClH/c1-12-3-4-13(2)14(11-12)15(5-10-18)17-8-6-16-7-9-17;/h3-4,11,15-16,18H,5-10H2,1-2H3;1H/t15-;/m1./s1. The van der Waals surface area contributed by atoms with Gasteiger partial charge in [0.25, 0.3) is 0 Å². The van der Waals surface area contributed by atoms with Crippen LogP contribution in [0.4, 0.5) is 0 Å². The van der Waals surface area contributed by atoms with Crippen LogP contribution < -0.4 is 5.32 Å². The van der Waals surface area contributed by atoms with Crippen molar-refractivity contribution in [3.8, 4) is 0 Å². The van der Waals surface area contributed by atoms with Crippen LogP contribution in [-0.2, 0) is 0 Å². The summed E-state index contributed by atoms with van der Waals surface area (Å²) in [4.78, 5) is 2.49. The lowest BCUT2D eigenvalue weighted by Crippen LogP contribution is -2.45. The Hall–Kier alpha value is -0.610. The van der Waals surface area contributed by atoms with Crippen molar-refractivity contribution in [3.63, 3.8) is 0 Å². The second-order valence-electron chi connectivity index (χ2n) is 5.17. The zero-order chi connectivity index (χ0) is 13.0. The van der Waals surface area contributed by atoms with Crippen LogP contribution in [0.5, 0.6) is 0 Å². The SMILES string of the molecule is Cc1ccc(C)c([C@@H](CCO)N2CCNCC2)c1.Cl. The van der Waals surface area contributed by atoms with Gasteiger partial charge in [-0.2, -0.15) is 0 Å². The van der Waals surface area contributed by atoms with Gasteiger partial charge >= 0.3 is 0 Å². The molecular weight excluding hydrogens is 260 g/mol. The summed E-state index contributed by atoms with van der Waals surface area (Å²) in [6.07, 6.45) is 0.824. The molecule has 1 aromatic rings. The highest BCUT2D eigenvalue weighted by Gasteiger charge is 2.22. The van der Waals surface area contributed by atoms with E-state index in [1.807, 2.05) is 0 Å². The Bertz CT molecular complexity index is 392. The molecule has 1 aliphatic rings. The molecule has 0 aliphatic carbocycles. The lowest BCUT2D eigenvalue weighted by molar-refractivity contribution is 0.140. The van der Waals surface area contributed by atoms with Crippen molar-refractivity contribution in [1.82, 2.24) is 10.2 Å². The van der Waals surface area contributed by atoms with E-state index in [0.717, 1.165) is 32.6 Å². The van der Waals surface area contributed by atoms with Gasteiger partial charge < -0.3 is 10.4 Å². The minimum Gasteiger partial charge on any atom is -0.396 e. The van der Waals surface area contributed by atoms with Crippen LogP contribution in [-0.4, -0.2) is 42.8 Å². The Balaban J connectivity index is 0.00000180. The molecule has 3 nitrogen and oxygen atoms in total. The monoisotopic (exact) mass is 284 g/mol. The van der Waals surface area contributed by atoms with Crippen molar-refractivity contribution in [2.75, 3.05) is 32.8 Å². The molecule has 0 spiro atoms. The number of aliphatic hydroxyl groups excluding tert-OH is 1. The average Bonchev–Trinajstić information content (AvgIpc) is 2.40. The van der Waals surface area contributed by atoms with Gasteiger partial charge in [0.05, 0.1) is 0 Å². The molecule has 1 heterocycles. The highest BCUT2D eigenvalue weighted by molar-refractivity contribution is 5.85. The molecule has 0 amide bonds. The first-order valence-corrected chi connectivity index (χ1v) is 6.85. The number of hydrogen-bond acceptors (Lipinski definition) is 3. The molecular formula is C15H25ClN2O. The molecule has 0 aromatic heterocycles. The summed E-state index contributed by atoms with van der Waals surface area (Å²) in [5, 5.41) is 12.7. The molecule has 1 saturated heterocycles. The predicted molar refractivity (Wildman–Crippen MR) is 82.1 cm³/mol. The maximum Gasteiger partial charge on any atom is 0.0449 e. The Labute approximate surface area is 122 Å². The highest BCUT2D eigenvalue weighted by Crippen LogP contribution is 2.28. The van der Waals surface area contributed by atoms with Crippen LogP contribution in [0.2, 0.25) is 0 Å². The molecule has 1 aliphatic heterocycles. The van der Waals surface area contributed by atoms with Crippen molar-refractivity contribution in [1.29, 1.82) is 0 Å². The predicted octanol–water partition coefficient (Wildman–Crippen LogP) is 2.05. The number of nitrogens with one attached hydrogen (secondary N) is 1. The van der Waals surface area contributed by atoms with E-state index in [-0.39, 0.29) is 19.0 Å². The molecule has 0 saturated carbocycles. The largest absolute Gasteiger partial charge is 0.396 e. The number of halogens is 1. The van der Waals surface area contributed by atoms with Gasteiger partial charge in [-0.25, -0.2) is 0 Å². The van der Waals surface area contributed by atoms with E-state index in [9.17, 15) is 5.11 Å². The summed E-state index contributed by atoms with van der Waals surface area (Å²) in [6, 6.07) is 6.98. The maximum absolute atomic E-state index is 9.35. The number of aryl methyl sites for hydroxylation is 2. The molecule has 0 bridgehead atoms. The van der Waals surface area contributed by atoms with Crippen molar-refractivity contribution in [2.24, 2.45) is 0 Å². The first-order chi connectivity index (χ1) is 8.72. The molecule has 0 radical (unpaired) electrons. The quantitative estimate of drug-likeness (QED) is 0.888. The third kappa shape index (κ3) is 4.18. The van der Waals surface area contributed by atoms with E-state index < -0.39 is 0 Å². The number of benzene rings is 1. The topological polar surface area (TPSA) is 35.5 Å². The summed E-state index contributed by atoms with van der Waals surface area (Å²) in [7, 11) is 0. The van der Waals surface area contributed by atoms with E-state index in [4.69, 9.17) is 0 Å². The molecule has 2 N–H and O–H groups in total. The highest BCUT2D eigenvalue weighted by atomic mass is 35.5. The van der Waals surface area contributed by atoms with Crippen LogP contribution in [0.25, 0.3) is 0 Å². The first-order valence-electron chi connectivity index (χ1n) is 6.85. The third-order valence-electron chi connectivity index (χ3n) is 3.79. The lowest BCUT2D eigenvalue weighted by Gasteiger charge is -2.35. The van der Waals surface area contributed by atoms with E-state index in [1.165, 1.54) is 16.7 Å². The van der Waals surface area contributed by atoms with Gasteiger partial charge in [0, 0.05) is 38.8 Å². The van der Waals surface area contributed by atoms with Gasteiger partial charge in [-0.3, -0.25) is 4.90 Å². The number of piperazine rings is 1. The number of hydrogen-bond donors (Lipinski definition) is 2. The molecule has 1 fully saturated rings. The summed E-state index contributed by atoms with van der Waals surface area (Å²) in [5.41, 5.74) is 4.01. The minimum atomic E-state index is 0. The van der Waals surface area contributed by atoms with Crippen LogP contribution in [0, 0.1) is 13.8 Å². The van der Waals surface area contributed by atoms with E-state index in [1.54, 1.807) is 0 Å². The zero-order valence-electron chi connectivity index (χ0n) is 11.9. The van der Waals surface area contributed by atoms with Gasteiger partial charge in [0.1, 0.15) is 0 Å². The maximum atomic E-state index is 9.35. The Morgan fingerprint density at radius 2 is 1.95 bits per heavy atom. The molecule has 19 heavy (non-hydrogen) atoms. The van der Waals surface area contributed by atoms with Gasteiger partial charge in [0.2, 0.25) is 0 Å². The van der Waals surface area contributed by atoms with Gasteiger partial charge in [-0.1, -0.05) is 23.8 Å². The number of nitrogens with zero attached hydrogens (tertiary/aromatic N) is 1. The Morgan fingerprint density at radius 1 is 1.26 bits per heavy atom. The van der Waals surface area contributed by atoms with Gasteiger partial charge in [-0.05, 0) is 31.4 Å². The lowest BCUT2D eigenvalue weighted by atomic mass is 9.95. The Kier molecular flexibility index (Phi) is 6.80. The fourth-order valence-electron chi connectivity index (χ4n) is 2.77. The smallest absolute Gasteiger partial charge is 0.0449 e. The summed E-state index contributed by atoms with van der Waals surface area (Å²) in [6.45, 7) is 8.79. The molecule has 0 unspecified atom stereocenters. The fraction of sp³-hybridized carbons (Fsp3) is 0.600. The molecule has 108 valence electrons. The normalized spacial score (nSPS) is 17.8. The third-order valence-corrected chi connectivity index (χ3v) is 3.79. The van der Waals surface area contributed by atoms with Crippen LogP contribution in [0.15, 0.2) is 18.2 Å². The molecule has 1 aromatic carbocycles. The summed E-state index contributed by atoms with van der Waals surface area (Å²) in [5.74, 6) is 0. The summed E-state index contributed by atoms with van der Waals surface area (Å²) < 4.78 is 0. The molecule has 2 rings (SSSR count). The second kappa shape index (κ2) is 7.85.